The first kappa shape index (κ1) is 9.38. The first-order chi connectivity index (χ1) is 6.75. The van der Waals surface area contributed by atoms with Crippen LogP contribution in [0.5, 0.6) is 0 Å². The summed E-state index contributed by atoms with van der Waals surface area (Å²) in [5.74, 6) is 0.649. The Bertz CT molecular complexity index is 334. The van der Waals surface area contributed by atoms with Crippen molar-refractivity contribution < 1.29 is 0 Å². The number of hydrogen-bond donors (Lipinski definition) is 0. The van der Waals surface area contributed by atoms with Crippen LogP contribution < -0.4 is 0 Å². The van der Waals surface area contributed by atoms with E-state index in [2.05, 4.69) is 42.3 Å². The Kier molecular flexibility index (Phi) is 2.62. The van der Waals surface area contributed by atoms with Crippen LogP contribution in [0.4, 0.5) is 0 Å². The Balaban J connectivity index is 2.15. The Labute approximate surface area is 85.1 Å². The Morgan fingerprint density at radius 1 is 1.43 bits per heavy atom. The minimum atomic E-state index is 0.297. The second kappa shape index (κ2) is 3.91. The lowest BCUT2D eigenvalue weighted by atomic mass is 9.87. The van der Waals surface area contributed by atoms with Crippen LogP contribution in [0.2, 0.25) is 0 Å². The van der Waals surface area contributed by atoms with E-state index in [0.29, 0.717) is 12.0 Å². The van der Waals surface area contributed by atoms with Crippen molar-refractivity contribution in [3.63, 3.8) is 0 Å². The van der Waals surface area contributed by atoms with Crippen molar-refractivity contribution in [3.05, 3.63) is 35.6 Å². The van der Waals surface area contributed by atoms with Gasteiger partial charge < -0.3 is 0 Å². The van der Waals surface area contributed by atoms with E-state index in [9.17, 15) is 0 Å². The smallest absolute Gasteiger partial charge is 0.0960 e. The van der Waals surface area contributed by atoms with Gasteiger partial charge >= 0.3 is 0 Å². The Morgan fingerprint density at radius 3 is 2.93 bits per heavy atom. The second-order valence-corrected chi connectivity index (χ2v) is 4.18. The number of nitrogens with zero attached hydrogens (tertiary/aromatic N) is 2. The molecule has 2 nitrogen and oxygen atoms in total. The molecule has 0 N–H and O–H groups in total. The molecule has 1 aliphatic heterocycles. The van der Waals surface area contributed by atoms with E-state index in [1.165, 1.54) is 11.1 Å². The van der Waals surface area contributed by atoms with Crippen LogP contribution in [0.25, 0.3) is 0 Å². The molecular formula is C12H16N2. The molecule has 2 heteroatoms. The normalized spacial score (nSPS) is 31.3. The van der Waals surface area contributed by atoms with E-state index >= 15 is 0 Å². The van der Waals surface area contributed by atoms with Crippen LogP contribution in [0.1, 0.15) is 26.7 Å². The lowest BCUT2D eigenvalue weighted by Crippen LogP contribution is -2.13. The molecule has 0 aromatic heterocycles. The van der Waals surface area contributed by atoms with Gasteiger partial charge in [0.25, 0.3) is 0 Å². The standard InChI is InChI=1S/C12H16N2/c1-9-6-10(2)8-11(7-9)12-4-3-5-13-14-12/h3,5-7,10,12H,4,8H2,1-2H3. The van der Waals surface area contributed by atoms with Gasteiger partial charge in [0.1, 0.15) is 0 Å². The molecule has 14 heavy (non-hydrogen) atoms. The molecule has 0 fully saturated rings. The van der Waals surface area contributed by atoms with Gasteiger partial charge in [-0.15, -0.1) is 0 Å². The molecule has 2 rings (SSSR count). The molecule has 1 heterocycles. The van der Waals surface area contributed by atoms with Gasteiger partial charge in [0, 0.05) is 6.20 Å². The third-order valence-corrected chi connectivity index (χ3v) is 2.68. The third-order valence-electron chi connectivity index (χ3n) is 2.68. The molecule has 0 aromatic rings. The van der Waals surface area contributed by atoms with Gasteiger partial charge in [-0.2, -0.15) is 10.2 Å². The van der Waals surface area contributed by atoms with Crippen LogP contribution in [0.15, 0.2) is 45.8 Å². The molecular weight excluding hydrogens is 172 g/mol. The molecule has 2 atom stereocenters. The summed E-state index contributed by atoms with van der Waals surface area (Å²) in [4.78, 5) is 0. The van der Waals surface area contributed by atoms with Gasteiger partial charge in [-0.05, 0) is 31.3 Å². The van der Waals surface area contributed by atoms with Gasteiger partial charge in [-0.25, -0.2) is 0 Å². The maximum atomic E-state index is 4.26. The first-order valence-electron chi connectivity index (χ1n) is 5.19. The van der Waals surface area contributed by atoms with Gasteiger partial charge in [-0.1, -0.05) is 30.7 Å². The largest absolute Gasteiger partial charge is 0.181 e. The molecule has 2 unspecified atom stereocenters. The maximum Gasteiger partial charge on any atom is 0.0960 e. The topological polar surface area (TPSA) is 24.7 Å². The van der Waals surface area contributed by atoms with Crippen LogP contribution >= 0.6 is 0 Å². The van der Waals surface area contributed by atoms with Gasteiger partial charge in [0.15, 0.2) is 0 Å². The number of hydrogen-bond acceptors (Lipinski definition) is 2. The monoisotopic (exact) mass is 188 g/mol. The minimum absolute atomic E-state index is 0.297. The number of rotatable bonds is 1. The lowest BCUT2D eigenvalue weighted by Gasteiger charge is -2.22. The lowest BCUT2D eigenvalue weighted by molar-refractivity contribution is 0.614. The second-order valence-electron chi connectivity index (χ2n) is 4.18. The van der Waals surface area contributed by atoms with Crippen molar-refractivity contribution >= 4 is 0 Å². The zero-order chi connectivity index (χ0) is 9.97. The zero-order valence-corrected chi connectivity index (χ0v) is 8.77. The van der Waals surface area contributed by atoms with Crippen LogP contribution in [-0.4, -0.2) is 6.04 Å². The molecule has 1 aliphatic carbocycles. The molecule has 74 valence electrons. The summed E-state index contributed by atoms with van der Waals surface area (Å²) >= 11 is 0. The minimum Gasteiger partial charge on any atom is -0.181 e. The summed E-state index contributed by atoms with van der Waals surface area (Å²) in [6.45, 7) is 4.41. The van der Waals surface area contributed by atoms with Crippen molar-refractivity contribution in [1.29, 1.82) is 0 Å². The van der Waals surface area contributed by atoms with Crippen LogP contribution in [0.3, 0.4) is 0 Å². The molecule has 0 saturated heterocycles. The third kappa shape index (κ3) is 2.00. The zero-order valence-electron chi connectivity index (χ0n) is 8.77. The van der Waals surface area contributed by atoms with Gasteiger partial charge in [-0.3, -0.25) is 0 Å². The van der Waals surface area contributed by atoms with E-state index in [4.69, 9.17) is 0 Å². The van der Waals surface area contributed by atoms with Crippen molar-refractivity contribution in [2.24, 2.45) is 16.1 Å². The highest BCUT2D eigenvalue weighted by atomic mass is 15.1. The molecule has 2 aliphatic rings. The SMILES string of the molecule is CC1=CC(C)CC(C2CC=CN=N2)=C1. The Hall–Kier alpha value is -1.18. The first-order valence-corrected chi connectivity index (χ1v) is 5.19. The predicted octanol–water partition coefficient (Wildman–Crippen LogP) is 3.64. The fourth-order valence-corrected chi connectivity index (χ4v) is 2.14. The summed E-state index contributed by atoms with van der Waals surface area (Å²) in [6.07, 6.45) is 10.6. The fraction of sp³-hybridized carbons (Fsp3) is 0.500. The molecule has 0 amide bonds. The average molecular weight is 188 g/mol. The summed E-state index contributed by atoms with van der Waals surface area (Å²) < 4.78 is 0. The highest BCUT2D eigenvalue weighted by Crippen LogP contribution is 2.28. The summed E-state index contributed by atoms with van der Waals surface area (Å²) in [5, 5.41) is 8.23. The van der Waals surface area contributed by atoms with E-state index in [1.54, 1.807) is 6.20 Å². The van der Waals surface area contributed by atoms with Gasteiger partial charge in [0.05, 0.1) is 6.04 Å². The summed E-state index contributed by atoms with van der Waals surface area (Å²) in [7, 11) is 0. The van der Waals surface area contributed by atoms with Crippen molar-refractivity contribution in [1.82, 2.24) is 0 Å². The highest BCUT2D eigenvalue weighted by Gasteiger charge is 2.18. The van der Waals surface area contributed by atoms with E-state index in [1.807, 2.05) is 0 Å². The van der Waals surface area contributed by atoms with Gasteiger partial charge in [0.2, 0.25) is 0 Å². The van der Waals surface area contributed by atoms with Crippen molar-refractivity contribution in [2.45, 2.75) is 32.7 Å². The molecule has 0 bridgehead atoms. The maximum absolute atomic E-state index is 4.26. The predicted molar refractivity (Wildman–Crippen MR) is 58.0 cm³/mol. The molecule has 0 saturated carbocycles. The van der Waals surface area contributed by atoms with Crippen molar-refractivity contribution in [2.75, 3.05) is 0 Å². The fourth-order valence-electron chi connectivity index (χ4n) is 2.14. The van der Waals surface area contributed by atoms with Crippen LogP contribution in [0, 0.1) is 5.92 Å². The average Bonchev–Trinajstić information content (AvgIpc) is 2.18. The van der Waals surface area contributed by atoms with Crippen molar-refractivity contribution in [3.8, 4) is 0 Å². The number of allylic oxidation sites excluding steroid dienone is 3. The summed E-state index contributed by atoms with van der Waals surface area (Å²) in [6, 6.07) is 0.297. The highest BCUT2D eigenvalue weighted by molar-refractivity contribution is 5.31. The molecule has 0 radical (unpaired) electrons. The van der Waals surface area contributed by atoms with E-state index < -0.39 is 0 Å². The van der Waals surface area contributed by atoms with E-state index in [-0.39, 0.29) is 0 Å². The quantitative estimate of drug-likeness (QED) is 0.600. The molecule has 0 aromatic carbocycles. The van der Waals surface area contributed by atoms with Crippen LogP contribution in [-0.2, 0) is 0 Å². The molecule has 0 spiro atoms. The van der Waals surface area contributed by atoms with E-state index in [0.717, 1.165) is 12.8 Å². The number of azo groups is 1. The summed E-state index contributed by atoms with van der Waals surface area (Å²) in [5.41, 5.74) is 2.80. The Morgan fingerprint density at radius 2 is 2.29 bits per heavy atom.